The van der Waals surface area contributed by atoms with Gasteiger partial charge in [0.2, 0.25) is 0 Å². The van der Waals surface area contributed by atoms with E-state index < -0.39 is 12.0 Å². The molecule has 1 amide bonds. The van der Waals surface area contributed by atoms with Crippen molar-refractivity contribution in [2.75, 3.05) is 6.54 Å². The van der Waals surface area contributed by atoms with E-state index in [4.69, 9.17) is 34.8 Å². The van der Waals surface area contributed by atoms with Crippen LogP contribution in [-0.4, -0.2) is 23.7 Å². The Bertz CT molecular complexity index is 484. The molecule has 0 aromatic heterocycles. The Labute approximate surface area is 127 Å². The Balaban J connectivity index is 2.83. The van der Waals surface area contributed by atoms with E-state index in [0.29, 0.717) is 0 Å². The van der Waals surface area contributed by atoms with Crippen molar-refractivity contribution in [1.29, 1.82) is 0 Å². The quantitative estimate of drug-likeness (QED) is 0.831. The van der Waals surface area contributed by atoms with Crippen molar-refractivity contribution < 1.29 is 9.90 Å². The zero-order chi connectivity index (χ0) is 14.8. The van der Waals surface area contributed by atoms with Gasteiger partial charge >= 0.3 is 0 Å². The second kappa shape index (κ2) is 6.31. The first-order chi connectivity index (χ1) is 8.64. The largest absolute Gasteiger partial charge is 0.391 e. The molecule has 2 N–H and O–H groups in total. The molecular weight excluding hydrogens is 309 g/mol. The van der Waals surface area contributed by atoms with Crippen LogP contribution in [0.4, 0.5) is 0 Å². The molecule has 0 fully saturated rings. The zero-order valence-corrected chi connectivity index (χ0v) is 13.2. The van der Waals surface area contributed by atoms with E-state index in [0.717, 1.165) is 0 Å². The highest BCUT2D eigenvalue weighted by atomic mass is 35.5. The first kappa shape index (κ1) is 16.6. The van der Waals surface area contributed by atoms with Crippen LogP contribution in [0.1, 0.15) is 31.1 Å². The van der Waals surface area contributed by atoms with Crippen LogP contribution in [0.3, 0.4) is 0 Å². The van der Waals surface area contributed by atoms with Crippen LogP contribution >= 0.6 is 34.8 Å². The standard InChI is InChI=1S/C13H16Cl3NO2/c1-13(2,3)9(18)6-17-12(19)10-7(14)4-5-8(15)11(10)16/h4-5,9,18H,6H2,1-3H3,(H,17,19). The molecule has 19 heavy (non-hydrogen) atoms. The molecular formula is C13H16Cl3NO2. The third-order valence-corrected chi connectivity index (χ3v) is 3.85. The number of carbonyl (C=O) groups is 1. The van der Waals surface area contributed by atoms with Gasteiger partial charge in [0.25, 0.3) is 5.91 Å². The average molecular weight is 325 g/mol. The Hall–Kier alpha value is -0.480. The van der Waals surface area contributed by atoms with Crippen molar-refractivity contribution in [2.24, 2.45) is 5.41 Å². The molecule has 0 heterocycles. The summed E-state index contributed by atoms with van der Waals surface area (Å²) in [5, 5.41) is 13.1. The maximum absolute atomic E-state index is 12.0. The molecule has 1 rings (SSSR count). The van der Waals surface area contributed by atoms with Crippen molar-refractivity contribution >= 4 is 40.7 Å². The van der Waals surface area contributed by atoms with E-state index in [1.54, 1.807) is 0 Å². The second-order valence-corrected chi connectivity index (χ2v) is 6.50. The first-order valence-corrected chi connectivity index (χ1v) is 6.87. The van der Waals surface area contributed by atoms with Gasteiger partial charge in [0.1, 0.15) is 0 Å². The number of aliphatic hydroxyl groups excluding tert-OH is 1. The van der Waals surface area contributed by atoms with Crippen molar-refractivity contribution in [3.63, 3.8) is 0 Å². The van der Waals surface area contributed by atoms with Crippen LogP contribution in [0, 0.1) is 5.41 Å². The van der Waals surface area contributed by atoms with E-state index in [-0.39, 0.29) is 32.6 Å². The summed E-state index contributed by atoms with van der Waals surface area (Å²) >= 11 is 17.7. The topological polar surface area (TPSA) is 49.3 Å². The summed E-state index contributed by atoms with van der Waals surface area (Å²) in [4.78, 5) is 12.0. The Morgan fingerprint density at radius 2 is 1.79 bits per heavy atom. The Morgan fingerprint density at radius 3 is 2.32 bits per heavy atom. The molecule has 0 spiro atoms. The minimum absolute atomic E-state index is 0.108. The van der Waals surface area contributed by atoms with Crippen molar-refractivity contribution in [3.8, 4) is 0 Å². The molecule has 0 aliphatic rings. The summed E-state index contributed by atoms with van der Waals surface area (Å²) in [7, 11) is 0. The summed E-state index contributed by atoms with van der Waals surface area (Å²) in [5.74, 6) is -0.458. The molecule has 0 bridgehead atoms. The Kier molecular flexibility index (Phi) is 5.51. The highest BCUT2D eigenvalue weighted by molar-refractivity contribution is 6.46. The molecule has 106 valence electrons. The first-order valence-electron chi connectivity index (χ1n) is 5.74. The maximum Gasteiger partial charge on any atom is 0.254 e. The van der Waals surface area contributed by atoms with E-state index in [1.807, 2.05) is 20.8 Å². The number of nitrogens with one attached hydrogen (secondary N) is 1. The van der Waals surface area contributed by atoms with E-state index >= 15 is 0 Å². The van der Waals surface area contributed by atoms with Crippen LogP contribution < -0.4 is 5.32 Å². The molecule has 6 heteroatoms. The van der Waals surface area contributed by atoms with Gasteiger partial charge in [-0.15, -0.1) is 0 Å². The van der Waals surface area contributed by atoms with Crippen molar-refractivity contribution in [1.82, 2.24) is 5.32 Å². The smallest absolute Gasteiger partial charge is 0.254 e. The predicted octanol–water partition coefficient (Wildman–Crippen LogP) is 3.78. The average Bonchev–Trinajstić information content (AvgIpc) is 2.30. The molecule has 1 aromatic rings. The van der Waals surface area contributed by atoms with Crippen LogP contribution in [0.15, 0.2) is 12.1 Å². The van der Waals surface area contributed by atoms with Gasteiger partial charge in [-0.2, -0.15) is 0 Å². The van der Waals surface area contributed by atoms with Crippen LogP contribution in [0.2, 0.25) is 15.1 Å². The third kappa shape index (κ3) is 4.25. The van der Waals surface area contributed by atoms with E-state index in [2.05, 4.69) is 5.32 Å². The normalized spacial score (nSPS) is 13.2. The van der Waals surface area contributed by atoms with Gasteiger partial charge in [-0.05, 0) is 17.5 Å². The van der Waals surface area contributed by atoms with Gasteiger partial charge in [-0.1, -0.05) is 55.6 Å². The number of halogens is 3. The second-order valence-electron chi connectivity index (χ2n) is 5.31. The lowest BCUT2D eigenvalue weighted by Gasteiger charge is -2.26. The van der Waals surface area contributed by atoms with Gasteiger partial charge in [-0.25, -0.2) is 0 Å². The van der Waals surface area contributed by atoms with Crippen LogP contribution in [0.25, 0.3) is 0 Å². The van der Waals surface area contributed by atoms with Gasteiger partial charge in [-0.3, -0.25) is 4.79 Å². The lowest BCUT2D eigenvalue weighted by atomic mass is 9.89. The highest BCUT2D eigenvalue weighted by Gasteiger charge is 2.24. The monoisotopic (exact) mass is 323 g/mol. The number of carbonyl (C=O) groups excluding carboxylic acids is 1. The highest BCUT2D eigenvalue weighted by Crippen LogP contribution is 2.31. The molecule has 0 saturated carbocycles. The van der Waals surface area contributed by atoms with Gasteiger partial charge < -0.3 is 10.4 Å². The fourth-order valence-electron chi connectivity index (χ4n) is 1.32. The Morgan fingerprint density at radius 1 is 1.26 bits per heavy atom. The van der Waals surface area contributed by atoms with E-state index in [9.17, 15) is 9.90 Å². The molecule has 1 atom stereocenters. The van der Waals surface area contributed by atoms with Gasteiger partial charge in [0, 0.05) is 6.54 Å². The molecule has 3 nitrogen and oxygen atoms in total. The summed E-state index contributed by atoms with van der Waals surface area (Å²) in [6.45, 7) is 5.75. The van der Waals surface area contributed by atoms with E-state index in [1.165, 1.54) is 12.1 Å². The van der Waals surface area contributed by atoms with Crippen molar-refractivity contribution in [2.45, 2.75) is 26.9 Å². The van der Waals surface area contributed by atoms with Crippen molar-refractivity contribution in [3.05, 3.63) is 32.8 Å². The zero-order valence-electron chi connectivity index (χ0n) is 10.9. The van der Waals surface area contributed by atoms with Crippen LogP contribution in [-0.2, 0) is 0 Å². The summed E-state index contributed by atoms with van der Waals surface area (Å²) in [5.41, 5.74) is -0.202. The number of rotatable bonds is 3. The minimum atomic E-state index is -0.673. The third-order valence-electron chi connectivity index (χ3n) is 2.73. The number of hydrogen-bond donors (Lipinski definition) is 2. The molecule has 0 radical (unpaired) electrons. The lowest BCUT2D eigenvalue weighted by Crippen LogP contribution is -2.39. The SMILES string of the molecule is CC(C)(C)C(O)CNC(=O)c1c(Cl)ccc(Cl)c1Cl. The number of aliphatic hydroxyl groups is 1. The summed E-state index contributed by atoms with van der Waals surface area (Å²) in [6, 6.07) is 3.03. The van der Waals surface area contributed by atoms with Gasteiger partial charge in [0.05, 0.1) is 26.7 Å². The predicted molar refractivity (Wildman–Crippen MR) is 79.3 cm³/mol. The summed E-state index contributed by atoms with van der Waals surface area (Å²) in [6.07, 6.45) is -0.673. The summed E-state index contributed by atoms with van der Waals surface area (Å²) < 4.78 is 0. The fourth-order valence-corrected chi connectivity index (χ4v) is 2.02. The maximum atomic E-state index is 12.0. The number of hydrogen-bond acceptors (Lipinski definition) is 2. The molecule has 0 aliphatic carbocycles. The van der Waals surface area contributed by atoms with Crippen LogP contribution in [0.5, 0.6) is 0 Å². The lowest BCUT2D eigenvalue weighted by molar-refractivity contribution is 0.0587. The molecule has 0 aliphatic heterocycles. The fraction of sp³-hybridized carbons (Fsp3) is 0.462. The molecule has 1 aromatic carbocycles. The number of amides is 1. The molecule has 0 saturated heterocycles. The minimum Gasteiger partial charge on any atom is -0.391 e. The molecule has 1 unspecified atom stereocenters. The van der Waals surface area contributed by atoms with Gasteiger partial charge in [0.15, 0.2) is 0 Å². The number of benzene rings is 1.